The van der Waals surface area contributed by atoms with Crippen LogP contribution in [-0.2, 0) is 30.3 Å². The molecule has 0 saturated carbocycles. The molecule has 5 heteroatoms. The number of para-hydroxylation sites is 1. The largest absolute Gasteiger partial charge is 0.512 e. The molecule has 185 valence electrons. The summed E-state index contributed by atoms with van der Waals surface area (Å²) in [6.07, 6.45) is 5.00. The average Bonchev–Trinajstić information content (AvgIpc) is 2.81. The molecule has 0 fully saturated rings. The molecular weight excluding hydrogens is 625 g/mol. The Morgan fingerprint density at radius 1 is 0.889 bits per heavy atom. The fraction of sp³-hybridized carbons (Fsp3) is 0.194. The number of hydrogen-bond donors (Lipinski definition) is 1. The molecule has 0 aliphatic heterocycles. The molecule has 1 N–H and O–H groups in total. The van der Waals surface area contributed by atoms with Crippen LogP contribution in [0, 0.1) is 6.07 Å². The normalized spacial score (nSPS) is 11.6. The van der Waals surface area contributed by atoms with Gasteiger partial charge in [-0.3, -0.25) is 14.8 Å². The molecule has 0 spiro atoms. The molecular formula is C31H29IrN2O2-. The Kier molecular flexibility index (Phi) is 8.39. The van der Waals surface area contributed by atoms with Crippen molar-refractivity contribution < 1.29 is 30.0 Å². The monoisotopic (exact) mass is 654 g/mol. The molecule has 0 aliphatic carbocycles. The molecule has 0 unspecified atom stereocenters. The zero-order valence-corrected chi connectivity index (χ0v) is 23.5. The van der Waals surface area contributed by atoms with Gasteiger partial charge in [0.2, 0.25) is 0 Å². The van der Waals surface area contributed by atoms with Crippen LogP contribution in [0.25, 0.3) is 43.7 Å². The van der Waals surface area contributed by atoms with Crippen molar-refractivity contribution in [1.29, 1.82) is 0 Å². The van der Waals surface area contributed by atoms with Gasteiger partial charge in [-0.25, -0.2) is 0 Å². The van der Waals surface area contributed by atoms with Crippen molar-refractivity contribution in [1.82, 2.24) is 9.97 Å². The number of aliphatic hydroxyl groups is 1. The number of carbonyl (C=O) groups excluding carboxylic acids is 1. The van der Waals surface area contributed by atoms with E-state index in [9.17, 15) is 4.79 Å². The number of allylic oxidation sites excluding steroid dienone is 2. The summed E-state index contributed by atoms with van der Waals surface area (Å²) < 4.78 is 0. The summed E-state index contributed by atoms with van der Waals surface area (Å²) in [6.45, 7) is 9.61. The molecule has 5 aromatic rings. The van der Waals surface area contributed by atoms with E-state index in [0.29, 0.717) is 0 Å². The Hall–Kier alpha value is -3.40. The van der Waals surface area contributed by atoms with E-state index >= 15 is 0 Å². The van der Waals surface area contributed by atoms with E-state index in [0.717, 1.165) is 32.9 Å². The molecule has 5 rings (SSSR count). The molecule has 1 radical (unpaired) electrons. The predicted molar refractivity (Wildman–Crippen MR) is 145 cm³/mol. The van der Waals surface area contributed by atoms with Crippen LogP contribution in [0.3, 0.4) is 0 Å². The first-order valence-electron chi connectivity index (χ1n) is 11.6. The van der Waals surface area contributed by atoms with Crippen LogP contribution in [0.5, 0.6) is 0 Å². The van der Waals surface area contributed by atoms with Gasteiger partial charge in [-0.1, -0.05) is 68.1 Å². The van der Waals surface area contributed by atoms with Gasteiger partial charge >= 0.3 is 0 Å². The number of benzene rings is 3. The van der Waals surface area contributed by atoms with E-state index < -0.39 is 0 Å². The zero-order chi connectivity index (χ0) is 25.2. The van der Waals surface area contributed by atoms with Crippen molar-refractivity contribution in [2.24, 2.45) is 0 Å². The van der Waals surface area contributed by atoms with E-state index in [4.69, 9.17) is 10.1 Å². The molecule has 0 saturated heterocycles. The van der Waals surface area contributed by atoms with Gasteiger partial charge in [0.1, 0.15) is 0 Å². The number of ketones is 1. The number of nitrogens with zero attached hydrogens (tertiary/aromatic N) is 2. The van der Waals surface area contributed by atoms with E-state index in [2.05, 4.69) is 86.4 Å². The molecule has 4 nitrogen and oxygen atoms in total. The summed E-state index contributed by atoms with van der Waals surface area (Å²) in [4.78, 5) is 19.4. The van der Waals surface area contributed by atoms with Gasteiger partial charge < -0.3 is 5.11 Å². The van der Waals surface area contributed by atoms with Gasteiger partial charge in [-0.15, -0.1) is 29.1 Å². The Labute approximate surface area is 225 Å². The van der Waals surface area contributed by atoms with Gasteiger partial charge in [0.05, 0.1) is 11.3 Å². The van der Waals surface area contributed by atoms with Crippen LogP contribution < -0.4 is 0 Å². The molecule has 0 aliphatic rings. The topological polar surface area (TPSA) is 63.1 Å². The van der Waals surface area contributed by atoms with Crippen LogP contribution >= 0.6 is 0 Å². The van der Waals surface area contributed by atoms with E-state index in [-0.39, 0.29) is 37.1 Å². The third-order valence-corrected chi connectivity index (χ3v) is 5.77. The Morgan fingerprint density at radius 2 is 1.56 bits per heavy atom. The van der Waals surface area contributed by atoms with Crippen LogP contribution in [0.1, 0.15) is 40.2 Å². The molecule has 0 amide bonds. The van der Waals surface area contributed by atoms with E-state index in [1.165, 1.54) is 36.3 Å². The third-order valence-electron chi connectivity index (χ3n) is 5.77. The fourth-order valence-electron chi connectivity index (χ4n) is 4.27. The summed E-state index contributed by atoms with van der Waals surface area (Å²) >= 11 is 0. The first kappa shape index (κ1) is 27.2. The maximum absolute atomic E-state index is 10.0. The van der Waals surface area contributed by atoms with Crippen LogP contribution in [0.2, 0.25) is 0 Å². The SMILES string of the molecule is CC(=O)/C=C(/C)O.CC(C)(C)c1cc(-c2nccc3c2cnc2ccccc23)[c-]c2ccccc12.[Ir]. The van der Waals surface area contributed by atoms with Crippen LogP contribution in [0.4, 0.5) is 0 Å². The average molecular weight is 654 g/mol. The summed E-state index contributed by atoms with van der Waals surface area (Å²) in [6, 6.07) is 24.7. The Balaban J connectivity index is 0.000000400. The number of aromatic nitrogens is 2. The van der Waals surface area contributed by atoms with Gasteiger partial charge in [-0.2, -0.15) is 0 Å². The number of hydrogen-bond acceptors (Lipinski definition) is 4. The number of rotatable bonds is 2. The predicted octanol–water partition coefficient (Wildman–Crippen LogP) is 7.74. The molecule has 2 aromatic heterocycles. The standard InChI is InChI=1S/C26H21N2.C5H8O2.Ir/c1-26(2,3)23-15-18(14-17-8-4-5-9-19(17)23)25-22-16-28-24-11-7-6-10-21(24)20(22)12-13-27-25;1-4(6)3-5(2)7;/h4-13,15-16H,1-3H3;3,6H,1-2H3;/q-1;;/b;4-3-;. The first-order chi connectivity index (χ1) is 16.6. The van der Waals surface area contributed by atoms with Crippen molar-refractivity contribution >= 4 is 38.2 Å². The summed E-state index contributed by atoms with van der Waals surface area (Å²) in [5.41, 5.74) is 4.30. The van der Waals surface area contributed by atoms with E-state index in [1.807, 2.05) is 18.5 Å². The van der Waals surface area contributed by atoms with Gasteiger partial charge in [0.25, 0.3) is 0 Å². The minimum atomic E-state index is -0.125. The zero-order valence-electron chi connectivity index (χ0n) is 21.1. The van der Waals surface area contributed by atoms with Crippen molar-refractivity contribution in [2.75, 3.05) is 0 Å². The van der Waals surface area contributed by atoms with E-state index in [1.54, 1.807) is 0 Å². The molecule has 3 aromatic carbocycles. The van der Waals surface area contributed by atoms with Crippen molar-refractivity contribution in [2.45, 2.75) is 40.0 Å². The minimum absolute atomic E-state index is 0. The fourth-order valence-corrected chi connectivity index (χ4v) is 4.27. The van der Waals surface area contributed by atoms with Crippen molar-refractivity contribution in [3.8, 4) is 11.3 Å². The number of aliphatic hydroxyl groups excluding tert-OH is 1. The number of carbonyl (C=O) groups is 1. The molecule has 0 atom stereocenters. The summed E-state index contributed by atoms with van der Waals surface area (Å²) in [5, 5.41) is 14.1. The second-order valence-corrected chi connectivity index (χ2v) is 9.68. The number of pyridine rings is 2. The molecule has 2 heterocycles. The maximum atomic E-state index is 10.0. The number of fused-ring (bicyclic) bond motifs is 4. The first-order valence-corrected chi connectivity index (χ1v) is 11.6. The van der Waals surface area contributed by atoms with Gasteiger partial charge in [0.15, 0.2) is 5.78 Å². The van der Waals surface area contributed by atoms with Crippen molar-refractivity contribution in [3.05, 3.63) is 96.5 Å². The summed E-state index contributed by atoms with van der Waals surface area (Å²) in [7, 11) is 0. The summed E-state index contributed by atoms with van der Waals surface area (Å²) in [5.74, 6) is -0.0625. The smallest absolute Gasteiger partial charge is 0.155 e. The van der Waals surface area contributed by atoms with Crippen LogP contribution in [-0.4, -0.2) is 20.9 Å². The maximum Gasteiger partial charge on any atom is 0.155 e. The Bertz CT molecular complexity index is 1580. The Morgan fingerprint density at radius 3 is 2.19 bits per heavy atom. The second-order valence-electron chi connectivity index (χ2n) is 9.68. The second kappa shape index (κ2) is 11.1. The van der Waals surface area contributed by atoms with Gasteiger partial charge in [-0.05, 0) is 42.2 Å². The third kappa shape index (κ3) is 5.87. The van der Waals surface area contributed by atoms with Crippen molar-refractivity contribution in [3.63, 3.8) is 0 Å². The quantitative estimate of drug-likeness (QED) is 0.0917. The van der Waals surface area contributed by atoms with Gasteiger partial charge in [0, 0.05) is 49.7 Å². The van der Waals surface area contributed by atoms with Crippen LogP contribution in [0.15, 0.2) is 84.9 Å². The molecule has 36 heavy (non-hydrogen) atoms. The molecule has 0 bridgehead atoms. The minimum Gasteiger partial charge on any atom is -0.512 e.